The molecule has 1 aliphatic rings. The minimum absolute atomic E-state index is 0.199. The number of sulfonamides is 1. The Balaban J connectivity index is 1.55. The van der Waals surface area contributed by atoms with Crippen LogP contribution in [0, 0.1) is 0 Å². The zero-order valence-electron chi connectivity index (χ0n) is 16.1. The summed E-state index contributed by atoms with van der Waals surface area (Å²) in [5.74, 6) is -0.140. The molecule has 8 nitrogen and oxygen atoms in total. The molecule has 0 aromatic heterocycles. The summed E-state index contributed by atoms with van der Waals surface area (Å²) >= 11 is 0. The van der Waals surface area contributed by atoms with Crippen molar-refractivity contribution in [1.82, 2.24) is 4.31 Å². The molecule has 0 unspecified atom stereocenters. The first-order valence-electron chi connectivity index (χ1n) is 9.25. The van der Waals surface area contributed by atoms with E-state index in [-0.39, 0.29) is 23.3 Å². The Morgan fingerprint density at radius 2 is 1.69 bits per heavy atom. The first-order valence-corrected chi connectivity index (χ1v) is 10.7. The summed E-state index contributed by atoms with van der Waals surface area (Å²) in [6.07, 6.45) is 1.75. The van der Waals surface area contributed by atoms with Crippen molar-refractivity contribution in [1.29, 1.82) is 0 Å². The van der Waals surface area contributed by atoms with Crippen LogP contribution in [0.2, 0.25) is 0 Å². The van der Waals surface area contributed by atoms with Gasteiger partial charge in [-0.05, 0) is 49.2 Å². The Morgan fingerprint density at radius 3 is 2.34 bits per heavy atom. The lowest BCUT2D eigenvalue weighted by molar-refractivity contribution is -0.118. The highest BCUT2D eigenvalue weighted by molar-refractivity contribution is 7.89. The van der Waals surface area contributed by atoms with Gasteiger partial charge in [0.25, 0.3) is 5.91 Å². The monoisotopic (exact) mass is 417 g/mol. The molecule has 2 N–H and O–H groups in total. The van der Waals surface area contributed by atoms with Crippen LogP contribution in [0.25, 0.3) is 0 Å². The van der Waals surface area contributed by atoms with Gasteiger partial charge >= 0.3 is 0 Å². The van der Waals surface area contributed by atoms with Crippen molar-refractivity contribution in [3.8, 4) is 5.75 Å². The first-order chi connectivity index (χ1) is 13.8. The standard InChI is InChI=1S/C20H23N3O5S/c1-15(24)21-17-5-4-6-18(13-17)28-14-20(25)22-16-7-9-19(10-8-16)29(26,27)23-11-2-3-12-23/h4-10,13H,2-3,11-12,14H2,1H3,(H,21,24)(H,22,25). The van der Waals surface area contributed by atoms with Crippen molar-refractivity contribution in [2.24, 2.45) is 0 Å². The zero-order chi connectivity index (χ0) is 20.9. The van der Waals surface area contributed by atoms with Crippen LogP contribution in [0.1, 0.15) is 19.8 Å². The topological polar surface area (TPSA) is 105 Å². The van der Waals surface area contributed by atoms with Crippen LogP contribution >= 0.6 is 0 Å². The molecule has 9 heteroatoms. The van der Waals surface area contributed by atoms with Gasteiger partial charge in [-0.25, -0.2) is 8.42 Å². The number of anilines is 2. The molecule has 1 fully saturated rings. The Morgan fingerprint density at radius 1 is 1.00 bits per heavy atom. The lowest BCUT2D eigenvalue weighted by Crippen LogP contribution is -2.27. The summed E-state index contributed by atoms with van der Waals surface area (Å²) in [5.41, 5.74) is 1.05. The van der Waals surface area contributed by atoms with Crippen LogP contribution in [0.4, 0.5) is 11.4 Å². The van der Waals surface area contributed by atoms with E-state index in [9.17, 15) is 18.0 Å². The molecule has 0 aliphatic carbocycles. The van der Waals surface area contributed by atoms with E-state index in [0.29, 0.717) is 30.2 Å². The highest BCUT2D eigenvalue weighted by Crippen LogP contribution is 2.22. The second-order valence-electron chi connectivity index (χ2n) is 6.68. The number of benzene rings is 2. The predicted octanol–water partition coefficient (Wildman–Crippen LogP) is 2.45. The largest absolute Gasteiger partial charge is 0.484 e. The molecule has 0 bridgehead atoms. The van der Waals surface area contributed by atoms with Gasteiger partial charge in [0.15, 0.2) is 6.61 Å². The molecule has 0 radical (unpaired) electrons. The number of carbonyl (C=O) groups excluding carboxylic acids is 2. The molecule has 3 rings (SSSR count). The van der Waals surface area contributed by atoms with E-state index < -0.39 is 10.0 Å². The van der Waals surface area contributed by atoms with Gasteiger partial charge in [0.1, 0.15) is 5.75 Å². The third kappa shape index (κ3) is 5.55. The lowest BCUT2D eigenvalue weighted by Gasteiger charge is -2.15. The van der Waals surface area contributed by atoms with E-state index in [4.69, 9.17) is 4.74 Å². The fourth-order valence-corrected chi connectivity index (χ4v) is 4.52. The minimum atomic E-state index is -3.48. The number of hydrogen-bond donors (Lipinski definition) is 2. The second kappa shape index (κ2) is 9.06. The SMILES string of the molecule is CC(=O)Nc1cccc(OCC(=O)Nc2ccc(S(=O)(=O)N3CCCC3)cc2)c1. The Hall–Kier alpha value is -2.91. The van der Waals surface area contributed by atoms with Gasteiger partial charge in [0.05, 0.1) is 4.90 Å². The summed E-state index contributed by atoms with van der Waals surface area (Å²) in [7, 11) is -3.48. The van der Waals surface area contributed by atoms with E-state index in [0.717, 1.165) is 12.8 Å². The molecule has 0 spiro atoms. The van der Waals surface area contributed by atoms with E-state index >= 15 is 0 Å². The molecule has 2 aromatic rings. The number of hydrogen-bond acceptors (Lipinski definition) is 5. The van der Waals surface area contributed by atoms with Crippen molar-refractivity contribution >= 4 is 33.2 Å². The van der Waals surface area contributed by atoms with Crippen LogP contribution in [0.5, 0.6) is 5.75 Å². The van der Waals surface area contributed by atoms with Crippen molar-refractivity contribution in [2.45, 2.75) is 24.7 Å². The maximum Gasteiger partial charge on any atom is 0.262 e. The van der Waals surface area contributed by atoms with Gasteiger partial charge < -0.3 is 15.4 Å². The van der Waals surface area contributed by atoms with Crippen molar-refractivity contribution in [3.63, 3.8) is 0 Å². The third-order valence-corrected chi connectivity index (χ3v) is 6.28. The maximum atomic E-state index is 12.5. The highest BCUT2D eigenvalue weighted by Gasteiger charge is 2.26. The summed E-state index contributed by atoms with van der Waals surface area (Å²) in [5, 5.41) is 5.30. The number of carbonyl (C=O) groups is 2. The predicted molar refractivity (Wildman–Crippen MR) is 109 cm³/mol. The average Bonchev–Trinajstić information content (AvgIpc) is 3.22. The van der Waals surface area contributed by atoms with Crippen molar-refractivity contribution < 1.29 is 22.7 Å². The number of nitrogens with zero attached hydrogens (tertiary/aromatic N) is 1. The summed E-state index contributed by atoms with van der Waals surface area (Å²) < 4.78 is 31.9. The van der Waals surface area contributed by atoms with Gasteiger partial charge in [0.2, 0.25) is 15.9 Å². The zero-order valence-corrected chi connectivity index (χ0v) is 16.9. The van der Waals surface area contributed by atoms with Crippen LogP contribution in [-0.4, -0.2) is 44.2 Å². The second-order valence-corrected chi connectivity index (χ2v) is 8.62. The van der Waals surface area contributed by atoms with Gasteiger partial charge in [-0.2, -0.15) is 4.31 Å². The Kier molecular flexibility index (Phi) is 6.50. The quantitative estimate of drug-likeness (QED) is 0.720. The Bertz CT molecular complexity index is 983. The van der Waals surface area contributed by atoms with Crippen LogP contribution in [0.15, 0.2) is 53.4 Å². The smallest absolute Gasteiger partial charge is 0.262 e. The molecule has 0 saturated carbocycles. The fraction of sp³-hybridized carbons (Fsp3) is 0.300. The van der Waals surface area contributed by atoms with Gasteiger partial charge in [0, 0.05) is 37.5 Å². The molecule has 2 aromatic carbocycles. The number of amides is 2. The molecule has 29 heavy (non-hydrogen) atoms. The fourth-order valence-electron chi connectivity index (χ4n) is 3.00. The molecule has 1 aliphatic heterocycles. The normalized spacial score (nSPS) is 14.4. The molecule has 1 heterocycles. The van der Waals surface area contributed by atoms with Crippen LogP contribution in [-0.2, 0) is 19.6 Å². The summed E-state index contributed by atoms with van der Waals surface area (Å²) in [6, 6.07) is 12.8. The highest BCUT2D eigenvalue weighted by atomic mass is 32.2. The van der Waals surface area contributed by atoms with Gasteiger partial charge in [-0.3, -0.25) is 9.59 Å². The third-order valence-electron chi connectivity index (χ3n) is 4.37. The minimum Gasteiger partial charge on any atom is -0.484 e. The molecule has 0 atom stereocenters. The number of rotatable bonds is 7. The van der Waals surface area contributed by atoms with Crippen LogP contribution in [0.3, 0.4) is 0 Å². The molecule has 2 amide bonds. The molecule has 1 saturated heterocycles. The van der Waals surface area contributed by atoms with E-state index in [1.54, 1.807) is 36.4 Å². The van der Waals surface area contributed by atoms with Gasteiger partial charge in [-0.1, -0.05) is 6.07 Å². The first kappa shape index (κ1) is 20.8. The van der Waals surface area contributed by atoms with E-state index in [2.05, 4.69) is 10.6 Å². The van der Waals surface area contributed by atoms with Crippen molar-refractivity contribution in [3.05, 3.63) is 48.5 Å². The van der Waals surface area contributed by atoms with E-state index in [1.807, 2.05) is 0 Å². The number of nitrogens with one attached hydrogen (secondary N) is 2. The molecule has 154 valence electrons. The van der Waals surface area contributed by atoms with Gasteiger partial charge in [-0.15, -0.1) is 0 Å². The van der Waals surface area contributed by atoms with Crippen molar-refractivity contribution in [2.75, 3.05) is 30.3 Å². The molecular weight excluding hydrogens is 394 g/mol. The van der Waals surface area contributed by atoms with E-state index in [1.165, 1.54) is 23.4 Å². The number of ether oxygens (including phenoxy) is 1. The lowest BCUT2D eigenvalue weighted by atomic mass is 10.3. The summed E-state index contributed by atoms with van der Waals surface area (Å²) in [4.78, 5) is 23.4. The van der Waals surface area contributed by atoms with Crippen LogP contribution < -0.4 is 15.4 Å². The molecular formula is C20H23N3O5S. The summed E-state index contributed by atoms with van der Waals surface area (Å²) in [6.45, 7) is 2.27. The average molecular weight is 417 g/mol. The maximum absolute atomic E-state index is 12.5. The Labute approximate surface area is 169 Å².